The van der Waals surface area contributed by atoms with Crippen LogP contribution in [-0.2, 0) is 0 Å². The van der Waals surface area contributed by atoms with Crippen molar-refractivity contribution in [2.24, 2.45) is 46.3 Å². The molecule has 0 radical (unpaired) electrons. The molecule has 0 aromatic rings. The van der Waals surface area contributed by atoms with Gasteiger partial charge in [-0.15, -0.1) is 0 Å². The molecule has 4 unspecified atom stereocenters. The van der Waals surface area contributed by atoms with Gasteiger partial charge in [0, 0.05) is 5.71 Å². The number of hydrogen-bond acceptors (Lipinski definition) is 2. The van der Waals surface area contributed by atoms with E-state index in [1.165, 1.54) is 57.8 Å². The Morgan fingerprint density at radius 2 is 1.50 bits per heavy atom. The summed E-state index contributed by atoms with van der Waals surface area (Å²) in [6.07, 6.45) is 16.5. The second-order valence-corrected chi connectivity index (χ2v) is 13.7. The standard InChI is InChI=1S/C27H48O2.C3H8.C2H6.4H2/c1-18(7-6-14-25(2,3)29)22-10-11-23-21-9-8-19-17-20(28)12-15-26(19,4)24(21)13-16-27(22,23)5;1-3-2;1-2;;;;/h18-24,28-29H,6-17H2,1-5H3;3H2,1-2H3;1-2H3;4*1H/t18-,19?,20+,21+,22?,23?,24?,26+,27-;;;;;;/m1....../s1. The average molecular weight is 487 g/mol. The van der Waals surface area contributed by atoms with Gasteiger partial charge in [-0.1, -0.05) is 67.7 Å². The lowest BCUT2D eigenvalue weighted by Gasteiger charge is -2.61. The average Bonchev–Trinajstić information content (AvgIpc) is 3.12. The van der Waals surface area contributed by atoms with Crippen LogP contribution < -0.4 is 0 Å². The van der Waals surface area contributed by atoms with E-state index >= 15 is 0 Å². The van der Waals surface area contributed by atoms with Crippen LogP contribution in [-0.4, -0.2) is 21.9 Å². The number of aliphatic hydroxyl groups excluding tert-OH is 1. The van der Waals surface area contributed by atoms with Crippen molar-refractivity contribution in [3.05, 3.63) is 0 Å². The molecule has 4 aliphatic rings. The molecule has 0 bridgehead atoms. The lowest BCUT2D eigenvalue weighted by Crippen LogP contribution is -2.54. The van der Waals surface area contributed by atoms with Gasteiger partial charge >= 0.3 is 0 Å². The van der Waals surface area contributed by atoms with Crippen LogP contribution in [0.2, 0.25) is 0 Å². The number of rotatable bonds is 5. The monoisotopic (exact) mass is 487 g/mol. The zero-order valence-electron chi connectivity index (χ0n) is 24.6. The van der Waals surface area contributed by atoms with Gasteiger partial charge in [0.15, 0.2) is 0 Å². The molecule has 9 atom stereocenters. The first kappa shape index (κ1) is 30.1. The van der Waals surface area contributed by atoms with Crippen molar-refractivity contribution in [3.8, 4) is 0 Å². The van der Waals surface area contributed by atoms with Crippen LogP contribution in [0.1, 0.15) is 151 Å². The second kappa shape index (κ2) is 12.4. The highest BCUT2D eigenvalue weighted by Crippen LogP contribution is 2.68. The first-order valence-electron chi connectivity index (χ1n) is 15.4. The van der Waals surface area contributed by atoms with E-state index < -0.39 is 5.60 Å². The summed E-state index contributed by atoms with van der Waals surface area (Å²) in [4.78, 5) is 0. The first-order chi connectivity index (χ1) is 16.0. The lowest BCUT2D eigenvalue weighted by molar-refractivity contribution is -0.129. The van der Waals surface area contributed by atoms with E-state index in [1.807, 2.05) is 27.7 Å². The Morgan fingerprint density at radius 1 is 0.912 bits per heavy atom. The normalized spacial score (nSPS) is 42.1. The summed E-state index contributed by atoms with van der Waals surface area (Å²) in [6, 6.07) is 0. The fraction of sp³-hybridized carbons (Fsp3) is 1.00. The molecule has 0 aromatic heterocycles. The first-order valence-corrected chi connectivity index (χ1v) is 15.4. The zero-order chi connectivity index (χ0) is 25.7. The summed E-state index contributed by atoms with van der Waals surface area (Å²) in [5.41, 5.74) is 0.536. The van der Waals surface area contributed by atoms with Gasteiger partial charge < -0.3 is 10.2 Å². The van der Waals surface area contributed by atoms with Gasteiger partial charge in [-0.2, -0.15) is 0 Å². The van der Waals surface area contributed by atoms with Gasteiger partial charge in [0.25, 0.3) is 0 Å². The maximum Gasteiger partial charge on any atom is 0.0591 e. The molecular formula is C32H70O2. The van der Waals surface area contributed by atoms with Gasteiger partial charge in [0.2, 0.25) is 0 Å². The lowest BCUT2D eigenvalue weighted by atomic mass is 9.44. The van der Waals surface area contributed by atoms with Crippen LogP contribution in [0.4, 0.5) is 0 Å². The minimum Gasteiger partial charge on any atom is -0.393 e. The highest BCUT2D eigenvalue weighted by Gasteiger charge is 2.60. The molecule has 0 aromatic carbocycles. The number of hydrogen-bond donors (Lipinski definition) is 2. The van der Waals surface area contributed by atoms with E-state index in [0.717, 1.165) is 61.2 Å². The fourth-order valence-electron chi connectivity index (χ4n) is 9.27. The summed E-state index contributed by atoms with van der Waals surface area (Å²) in [6.45, 7) is 19.9. The minimum absolute atomic E-state index is 0. The third kappa shape index (κ3) is 6.42. The van der Waals surface area contributed by atoms with Crippen molar-refractivity contribution in [1.82, 2.24) is 0 Å². The molecule has 0 spiro atoms. The van der Waals surface area contributed by atoms with E-state index in [2.05, 4.69) is 34.6 Å². The maximum atomic E-state index is 10.3. The minimum atomic E-state index is -0.512. The van der Waals surface area contributed by atoms with E-state index in [-0.39, 0.29) is 11.8 Å². The molecule has 2 heteroatoms. The molecule has 4 fully saturated rings. The quantitative estimate of drug-likeness (QED) is 0.406. The number of aliphatic hydroxyl groups is 2. The third-order valence-electron chi connectivity index (χ3n) is 10.8. The van der Waals surface area contributed by atoms with E-state index in [1.54, 1.807) is 0 Å². The largest absolute Gasteiger partial charge is 0.393 e. The molecule has 2 nitrogen and oxygen atoms in total. The SMILES string of the molecule is CC.CCC.C[C@H](CCCC(C)(C)O)C1CCC2[C@@H]3CCC4C[C@@H](O)CC[C@]4(C)C3CC[C@@]21C.[HH].[HH].[HH].[HH]. The van der Waals surface area contributed by atoms with Crippen molar-refractivity contribution in [2.75, 3.05) is 0 Å². The van der Waals surface area contributed by atoms with Crippen molar-refractivity contribution < 1.29 is 15.9 Å². The summed E-state index contributed by atoms with van der Waals surface area (Å²) >= 11 is 0. The third-order valence-corrected chi connectivity index (χ3v) is 10.8. The van der Waals surface area contributed by atoms with Crippen LogP contribution in [0.25, 0.3) is 0 Å². The number of fused-ring (bicyclic) bond motifs is 5. The van der Waals surface area contributed by atoms with E-state index in [9.17, 15) is 10.2 Å². The topological polar surface area (TPSA) is 40.5 Å². The summed E-state index contributed by atoms with van der Waals surface area (Å²) in [5.74, 6) is 5.24. The summed E-state index contributed by atoms with van der Waals surface area (Å²) in [7, 11) is 0. The Morgan fingerprint density at radius 3 is 2.12 bits per heavy atom. The molecule has 0 saturated heterocycles. The smallest absolute Gasteiger partial charge is 0.0591 e. The molecule has 0 amide bonds. The Bertz CT molecular complexity index is 613. The second-order valence-electron chi connectivity index (χ2n) is 13.7. The molecule has 4 aliphatic carbocycles. The molecule has 0 aliphatic heterocycles. The Hall–Kier alpha value is -0.0800. The molecule has 0 heterocycles. The summed E-state index contributed by atoms with van der Waals surface area (Å²) < 4.78 is 0. The van der Waals surface area contributed by atoms with Crippen LogP contribution >= 0.6 is 0 Å². The maximum absolute atomic E-state index is 10.3. The van der Waals surface area contributed by atoms with Crippen LogP contribution in [0.3, 0.4) is 0 Å². The van der Waals surface area contributed by atoms with Crippen molar-refractivity contribution in [3.63, 3.8) is 0 Å². The van der Waals surface area contributed by atoms with E-state index in [4.69, 9.17) is 0 Å². The zero-order valence-corrected chi connectivity index (χ0v) is 24.6. The van der Waals surface area contributed by atoms with Gasteiger partial charge in [0.05, 0.1) is 11.7 Å². The highest BCUT2D eigenvalue weighted by atomic mass is 16.3. The van der Waals surface area contributed by atoms with Crippen molar-refractivity contribution in [1.29, 1.82) is 0 Å². The van der Waals surface area contributed by atoms with Gasteiger partial charge in [-0.05, 0) is 124 Å². The van der Waals surface area contributed by atoms with Crippen LogP contribution in [0.5, 0.6) is 0 Å². The van der Waals surface area contributed by atoms with Gasteiger partial charge in [-0.25, -0.2) is 0 Å². The van der Waals surface area contributed by atoms with Gasteiger partial charge in [0.1, 0.15) is 0 Å². The molecule has 210 valence electrons. The molecular weight excluding hydrogens is 416 g/mol. The molecule has 34 heavy (non-hydrogen) atoms. The Balaban J connectivity index is -0.00000127. The predicted molar refractivity (Wildman–Crippen MR) is 156 cm³/mol. The van der Waals surface area contributed by atoms with Gasteiger partial charge in [-0.3, -0.25) is 0 Å². The molecule has 2 N–H and O–H groups in total. The van der Waals surface area contributed by atoms with Crippen LogP contribution in [0.15, 0.2) is 0 Å². The fourth-order valence-corrected chi connectivity index (χ4v) is 9.27. The van der Waals surface area contributed by atoms with Crippen molar-refractivity contribution in [2.45, 2.75) is 157 Å². The molecule has 4 rings (SSSR count). The molecule has 4 saturated carbocycles. The van der Waals surface area contributed by atoms with Crippen molar-refractivity contribution >= 4 is 0 Å². The Labute approximate surface area is 220 Å². The summed E-state index contributed by atoms with van der Waals surface area (Å²) in [5, 5.41) is 20.3. The predicted octanol–water partition coefficient (Wildman–Crippen LogP) is 10.0. The Kier molecular flexibility index (Phi) is 11.0. The van der Waals surface area contributed by atoms with E-state index in [0.29, 0.717) is 10.8 Å². The van der Waals surface area contributed by atoms with Crippen LogP contribution in [0, 0.1) is 46.3 Å². The highest BCUT2D eigenvalue weighted by molar-refractivity contribution is 5.09.